The van der Waals surface area contributed by atoms with Crippen LogP contribution in [0.15, 0.2) is 49.1 Å². The third kappa shape index (κ3) is 21.4. The van der Waals surface area contributed by atoms with E-state index < -0.39 is 0 Å². The van der Waals surface area contributed by atoms with Crippen molar-refractivity contribution >= 4 is 33.8 Å². The van der Waals surface area contributed by atoms with Crippen molar-refractivity contribution in [3.05, 3.63) is 65.7 Å². The molecule has 5 heterocycles. The van der Waals surface area contributed by atoms with E-state index in [1.165, 1.54) is 17.5 Å². The molecule has 1 aromatic carbocycles. The first kappa shape index (κ1) is 56.9. The number of nitrogens with one attached hydrogen (secondary N) is 1. The van der Waals surface area contributed by atoms with Gasteiger partial charge in [0, 0.05) is 69.4 Å². The number of anilines is 1. The van der Waals surface area contributed by atoms with Crippen molar-refractivity contribution in [2.24, 2.45) is 5.73 Å². The van der Waals surface area contributed by atoms with Gasteiger partial charge in [-0.05, 0) is 62.9 Å². The normalized spacial score (nSPS) is 12.2. The maximum atomic E-state index is 12.5. The summed E-state index contributed by atoms with van der Waals surface area (Å²) in [6, 6.07) is 10.4. The molecule has 0 atom stereocenters. The Morgan fingerprint density at radius 1 is 0.652 bits per heavy atom. The number of H-pyrrole nitrogens is 1. The number of ether oxygens (including phenoxy) is 10. The highest BCUT2D eigenvalue weighted by atomic mass is 16.6. The van der Waals surface area contributed by atoms with E-state index in [1.807, 2.05) is 55.6 Å². The molecular formula is C49H77N9O11. The van der Waals surface area contributed by atoms with Crippen molar-refractivity contribution < 1.29 is 52.2 Å². The summed E-state index contributed by atoms with van der Waals surface area (Å²) < 4.78 is 54.1. The topological polar surface area (TPSA) is 237 Å². The van der Waals surface area contributed by atoms with Gasteiger partial charge in [-0.1, -0.05) is 18.2 Å². The number of pyridine rings is 1. The molecular weight excluding hydrogens is 891 g/mol. The second kappa shape index (κ2) is 35.4. The standard InChI is InChI=1S/C27H28N8O2.C12H26O5.C10H23NO4/c1-2-37-10-7-22(36)34-9-6-18-11-17(3-4-20(18)15-34)14-35-27-23(25(28)31-16-32-27)24(33-35)21-12-19-5-8-29-26(19)30-13-21;1-3-13-5-7-15-9-11-17-12-10-16-8-6-14-4-2;1-2-12-5-6-14-9-10-15-8-7-13-4-3-11/h3-5,8,11-13,16H,2,6-7,9-10,14-15H2,1H3,(H,29,30)(H2,28,31,32);3-12H2,1-2H3;2-11H2,1H3. The summed E-state index contributed by atoms with van der Waals surface area (Å²) in [5.74, 6) is 0.531. The van der Waals surface area contributed by atoms with Gasteiger partial charge in [0.05, 0.1) is 124 Å². The maximum absolute atomic E-state index is 12.5. The molecule has 69 heavy (non-hydrogen) atoms. The molecule has 0 aliphatic carbocycles. The van der Waals surface area contributed by atoms with Gasteiger partial charge in [-0.15, -0.1) is 0 Å². The lowest BCUT2D eigenvalue weighted by atomic mass is 9.97. The quantitative estimate of drug-likeness (QED) is 0.0493. The summed E-state index contributed by atoms with van der Waals surface area (Å²) in [5, 5.41) is 6.63. The van der Waals surface area contributed by atoms with E-state index in [2.05, 4.69) is 38.1 Å². The molecule has 1 amide bonds. The van der Waals surface area contributed by atoms with Gasteiger partial charge in [0.15, 0.2) is 5.65 Å². The highest BCUT2D eigenvalue weighted by Gasteiger charge is 2.22. The number of nitrogens with zero attached hydrogens (tertiary/aromatic N) is 6. The molecule has 6 rings (SSSR count). The molecule has 1 aliphatic rings. The number of amides is 1. The number of nitrogen functional groups attached to an aromatic ring is 1. The van der Waals surface area contributed by atoms with Crippen molar-refractivity contribution in [1.82, 2.24) is 34.6 Å². The van der Waals surface area contributed by atoms with Gasteiger partial charge in [-0.25, -0.2) is 19.6 Å². The van der Waals surface area contributed by atoms with Crippen LogP contribution in [-0.2, 0) is 71.7 Å². The lowest BCUT2D eigenvalue weighted by molar-refractivity contribution is -0.133. The molecule has 20 heteroatoms. The summed E-state index contributed by atoms with van der Waals surface area (Å²) in [6.45, 7) is 22.8. The van der Waals surface area contributed by atoms with E-state index in [4.69, 9.17) is 63.9 Å². The second-order valence-electron chi connectivity index (χ2n) is 15.3. The first-order valence-electron chi connectivity index (χ1n) is 24.2. The van der Waals surface area contributed by atoms with E-state index in [1.54, 1.807) is 6.20 Å². The fraction of sp³-hybridized carbons (Fsp3) is 0.612. The molecule has 0 radical (unpaired) electrons. The van der Waals surface area contributed by atoms with Crippen LogP contribution in [0.25, 0.3) is 33.3 Å². The third-order valence-electron chi connectivity index (χ3n) is 10.3. The Balaban J connectivity index is 0.000000271. The van der Waals surface area contributed by atoms with Crippen LogP contribution in [0.2, 0.25) is 0 Å². The average molecular weight is 968 g/mol. The van der Waals surface area contributed by atoms with E-state index in [0.717, 1.165) is 53.8 Å². The van der Waals surface area contributed by atoms with Crippen molar-refractivity contribution in [2.75, 3.05) is 151 Å². The Morgan fingerprint density at radius 3 is 1.77 bits per heavy atom. The van der Waals surface area contributed by atoms with Gasteiger partial charge < -0.3 is 68.7 Å². The molecule has 5 aromatic rings. The number of carbonyl (C=O) groups is 1. The van der Waals surface area contributed by atoms with E-state index >= 15 is 0 Å². The molecule has 20 nitrogen and oxygen atoms in total. The van der Waals surface area contributed by atoms with Crippen LogP contribution in [0.3, 0.4) is 0 Å². The summed E-state index contributed by atoms with van der Waals surface area (Å²) in [4.78, 5) is 30.8. The predicted molar refractivity (Wildman–Crippen MR) is 264 cm³/mol. The molecule has 0 saturated carbocycles. The van der Waals surface area contributed by atoms with Crippen LogP contribution in [0.5, 0.6) is 0 Å². The van der Waals surface area contributed by atoms with Crippen LogP contribution < -0.4 is 11.5 Å². The number of aromatic nitrogens is 6. The van der Waals surface area contributed by atoms with Gasteiger partial charge in [0.2, 0.25) is 5.91 Å². The molecule has 0 bridgehead atoms. The van der Waals surface area contributed by atoms with E-state index in [-0.39, 0.29) is 5.91 Å². The Hall–Kier alpha value is -4.71. The zero-order chi connectivity index (χ0) is 49.2. The zero-order valence-electron chi connectivity index (χ0n) is 41.3. The number of rotatable bonds is 33. The number of hydrogen-bond donors (Lipinski definition) is 3. The van der Waals surface area contributed by atoms with Crippen LogP contribution in [0, 0.1) is 0 Å². The van der Waals surface area contributed by atoms with Gasteiger partial charge >= 0.3 is 0 Å². The van der Waals surface area contributed by atoms with E-state index in [0.29, 0.717) is 162 Å². The lowest BCUT2D eigenvalue weighted by Gasteiger charge is -2.29. The Labute approximate surface area is 406 Å². The van der Waals surface area contributed by atoms with E-state index in [9.17, 15) is 4.79 Å². The minimum Gasteiger partial charge on any atom is -0.383 e. The van der Waals surface area contributed by atoms with Crippen LogP contribution in [0.4, 0.5) is 5.82 Å². The second-order valence-corrected chi connectivity index (χ2v) is 15.3. The fourth-order valence-corrected chi connectivity index (χ4v) is 6.92. The van der Waals surface area contributed by atoms with Crippen LogP contribution >= 0.6 is 0 Å². The molecule has 0 spiro atoms. The molecule has 5 N–H and O–H groups in total. The maximum Gasteiger partial charge on any atom is 0.225 e. The Kier molecular flexibility index (Phi) is 29.2. The Morgan fingerprint density at radius 2 is 1.20 bits per heavy atom. The average Bonchev–Trinajstić information content (AvgIpc) is 4.00. The molecule has 0 saturated heterocycles. The number of carbonyl (C=O) groups excluding carboxylic acids is 1. The lowest BCUT2D eigenvalue weighted by Crippen LogP contribution is -2.36. The molecule has 0 fully saturated rings. The minimum atomic E-state index is 0.142. The Bertz CT molecular complexity index is 2100. The fourth-order valence-electron chi connectivity index (χ4n) is 6.92. The van der Waals surface area contributed by atoms with Crippen molar-refractivity contribution in [1.29, 1.82) is 0 Å². The minimum absolute atomic E-state index is 0.142. The predicted octanol–water partition coefficient (Wildman–Crippen LogP) is 4.45. The SMILES string of the molecule is CCOCCC(=O)N1CCc2cc(Cn3nc(-c4cnc5[nH]ccc5c4)c4c(N)ncnc43)ccc2C1.CCOCCOCCOCCOCCN.CCOCCOCCOCCOCCOCC. The molecule has 384 valence electrons. The first-order valence-corrected chi connectivity index (χ1v) is 24.2. The van der Waals surface area contributed by atoms with Gasteiger partial charge in [-0.2, -0.15) is 5.10 Å². The van der Waals surface area contributed by atoms with Gasteiger partial charge in [0.25, 0.3) is 0 Å². The first-order chi connectivity index (χ1) is 33.9. The number of benzene rings is 1. The van der Waals surface area contributed by atoms with Crippen LogP contribution in [-0.4, -0.2) is 186 Å². The number of nitrogens with two attached hydrogens (primary N) is 2. The highest BCUT2D eigenvalue weighted by molar-refractivity contribution is 5.99. The largest absolute Gasteiger partial charge is 0.383 e. The summed E-state index contributed by atoms with van der Waals surface area (Å²) in [7, 11) is 0. The monoisotopic (exact) mass is 968 g/mol. The van der Waals surface area contributed by atoms with Crippen molar-refractivity contribution in [3.8, 4) is 11.3 Å². The third-order valence-corrected chi connectivity index (χ3v) is 10.3. The molecule has 4 aromatic heterocycles. The summed E-state index contributed by atoms with van der Waals surface area (Å²) in [6.07, 6.45) is 6.37. The van der Waals surface area contributed by atoms with Gasteiger partial charge in [0.1, 0.15) is 23.5 Å². The van der Waals surface area contributed by atoms with Gasteiger partial charge in [-0.3, -0.25) is 4.79 Å². The van der Waals surface area contributed by atoms with Crippen LogP contribution in [0.1, 0.15) is 50.8 Å². The molecule has 1 aliphatic heterocycles. The number of hydrogen-bond acceptors (Lipinski definition) is 17. The van der Waals surface area contributed by atoms with Crippen molar-refractivity contribution in [3.63, 3.8) is 0 Å². The zero-order valence-corrected chi connectivity index (χ0v) is 41.3. The van der Waals surface area contributed by atoms with Crippen molar-refractivity contribution in [2.45, 2.75) is 53.6 Å². The smallest absolute Gasteiger partial charge is 0.225 e. The molecule has 0 unspecified atom stereocenters. The highest BCUT2D eigenvalue weighted by Crippen LogP contribution is 2.32. The summed E-state index contributed by atoms with van der Waals surface area (Å²) in [5.41, 5.74) is 18.2. The number of aromatic amines is 1. The number of fused-ring (bicyclic) bond motifs is 3. The summed E-state index contributed by atoms with van der Waals surface area (Å²) >= 11 is 0.